The van der Waals surface area contributed by atoms with E-state index in [0.717, 1.165) is 17.7 Å². The number of nitrogens with zero attached hydrogens (tertiary/aromatic N) is 2. The lowest BCUT2D eigenvalue weighted by atomic mass is 9.94. The minimum absolute atomic E-state index is 0.0708. The zero-order valence-corrected chi connectivity index (χ0v) is 15.2. The summed E-state index contributed by atoms with van der Waals surface area (Å²) in [6.07, 6.45) is 0.815. The number of hydrogen-bond donors (Lipinski definition) is 1. The third kappa shape index (κ3) is 3.45. The zero-order chi connectivity index (χ0) is 18.9. The first kappa shape index (κ1) is 17.7. The third-order valence-electron chi connectivity index (χ3n) is 4.38. The summed E-state index contributed by atoms with van der Waals surface area (Å²) in [5, 5.41) is 11.8. The van der Waals surface area contributed by atoms with Crippen molar-refractivity contribution in [3.05, 3.63) is 59.2 Å². The molecule has 0 saturated heterocycles. The molecule has 0 bridgehead atoms. The Hall–Kier alpha value is -3.13. The summed E-state index contributed by atoms with van der Waals surface area (Å²) in [4.78, 5) is 26.9. The van der Waals surface area contributed by atoms with Crippen LogP contribution in [0.1, 0.15) is 42.3 Å². The van der Waals surface area contributed by atoms with Crippen molar-refractivity contribution in [3.8, 4) is 6.07 Å². The fourth-order valence-electron chi connectivity index (χ4n) is 3.01. The number of carbonyl (C=O) groups excluding carboxylic acids is 2. The summed E-state index contributed by atoms with van der Waals surface area (Å²) in [5.74, 6) is -0.213. The van der Waals surface area contributed by atoms with Crippen molar-refractivity contribution in [2.75, 3.05) is 16.8 Å². The Morgan fingerprint density at radius 2 is 1.92 bits per heavy atom. The molecule has 2 amide bonds. The highest BCUT2D eigenvalue weighted by Gasteiger charge is 2.32. The van der Waals surface area contributed by atoms with Gasteiger partial charge in [-0.25, -0.2) is 0 Å². The Bertz CT molecular complexity index is 920. The van der Waals surface area contributed by atoms with Gasteiger partial charge in [-0.2, -0.15) is 5.26 Å². The lowest BCUT2D eigenvalue weighted by molar-refractivity contribution is -0.125. The lowest BCUT2D eigenvalue weighted by Gasteiger charge is -2.26. The lowest BCUT2D eigenvalue weighted by Crippen LogP contribution is -2.38. The monoisotopic (exact) mass is 347 g/mol. The van der Waals surface area contributed by atoms with E-state index in [2.05, 4.69) is 5.32 Å². The molecule has 0 spiro atoms. The van der Waals surface area contributed by atoms with Gasteiger partial charge < -0.3 is 10.2 Å². The van der Waals surface area contributed by atoms with Gasteiger partial charge in [0.05, 0.1) is 11.6 Å². The van der Waals surface area contributed by atoms with E-state index in [-0.39, 0.29) is 11.8 Å². The van der Waals surface area contributed by atoms with Crippen LogP contribution < -0.4 is 10.2 Å². The SMILES string of the molecule is CC(C)(C)C(=O)N1CCc2ccc(NC(=O)c3cccc(C#N)c3)cc21. The third-order valence-corrected chi connectivity index (χ3v) is 4.38. The number of benzene rings is 2. The van der Waals surface area contributed by atoms with Crippen LogP contribution in [0.5, 0.6) is 0 Å². The predicted octanol–water partition coefficient (Wildman–Crippen LogP) is 3.75. The van der Waals surface area contributed by atoms with Crippen LogP contribution in [0.4, 0.5) is 11.4 Å². The smallest absolute Gasteiger partial charge is 0.255 e. The highest BCUT2D eigenvalue weighted by Crippen LogP contribution is 2.34. The minimum Gasteiger partial charge on any atom is -0.322 e. The summed E-state index contributed by atoms with van der Waals surface area (Å²) < 4.78 is 0. The van der Waals surface area contributed by atoms with Crippen LogP contribution in [-0.2, 0) is 11.2 Å². The molecule has 1 aliphatic heterocycles. The molecule has 0 fully saturated rings. The summed E-state index contributed by atoms with van der Waals surface area (Å²) in [7, 11) is 0. The van der Waals surface area contributed by atoms with Gasteiger partial charge >= 0.3 is 0 Å². The summed E-state index contributed by atoms with van der Waals surface area (Å²) in [5.41, 5.74) is 2.99. The Kier molecular flexibility index (Phi) is 4.52. The number of anilines is 2. The maximum absolute atomic E-state index is 12.7. The van der Waals surface area contributed by atoms with Crippen LogP contribution in [0.15, 0.2) is 42.5 Å². The molecular formula is C21H21N3O2. The highest BCUT2D eigenvalue weighted by molar-refractivity contribution is 6.05. The molecule has 0 aromatic heterocycles. The van der Waals surface area contributed by atoms with Crippen LogP contribution in [0.25, 0.3) is 0 Å². The molecule has 26 heavy (non-hydrogen) atoms. The number of carbonyl (C=O) groups is 2. The number of nitriles is 1. The Morgan fingerprint density at radius 3 is 2.62 bits per heavy atom. The quantitative estimate of drug-likeness (QED) is 0.899. The van der Waals surface area contributed by atoms with E-state index < -0.39 is 5.41 Å². The van der Waals surface area contributed by atoms with Gasteiger partial charge in [-0.15, -0.1) is 0 Å². The van der Waals surface area contributed by atoms with E-state index in [4.69, 9.17) is 5.26 Å². The first-order valence-electron chi connectivity index (χ1n) is 8.56. The molecule has 1 aliphatic rings. The molecule has 1 heterocycles. The van der Waals surface area contributed by atoms with E-state index in [0.29, 0.717) is 23.4 Å². The van der Waals surface area contributed by atoms with E-state index in [9.17, 15) is 9.59 Å². The molecule has 0 saturated carbocycles. The van der Waals surface area contributed by atoms with Crippen molar-refractivity contribution in [1.29, 1.82) is 5.26 Å². The van der Waals surface area contributed by atoms with E-state index >= 15 is 0 Å². The van der Waals surface area contributed by atoms with Gasteiger partial charge in [0, 0.05) is 28.9 Å². The highest BCUT2D eigenvalue weighted by atomic mass is 16.2. The number of hydrogen-bond acceptors (Lipinski definition) is 3. The molecule has 2 aromatic rings. The van der Waals surface area contributed by atoms with Crippen LogP contribution in [0, 0.1) is 16.7 Å². The number of amides is 2. The van der Waals surface area contributed by atoms with Gasteiger partial charge in [-0.1, -0.05) is 32.9 Å². The second kappa shape index (κ2) is 6.64. The van der Waals surface area contributed by atoms with Crippen molar-refractivity contribution in [2.24, 2.45) is 5.41 Å². The molecule has 2 aromatic carbocycles. The summed E-state index contributed by atoms with van der Waals surface area (Å²) in [6, 6.07) is 14.2. The van der Waals surface area contributed by atoms with Crippen molar-refractivity contribution in [1.82, 2.24) is 0 Å². The molecule has 0 unspecified atom stereocenters. The molecule has 3 rings (SSSR count). The first-order chi connectivity index (χ1) is 12.3. The second-order valence-corrected chi connectivity index (χ2v) is 7.45. The minimum atomic E-state index is -0.460. The number of fused-ring (bicyclic) bond motifs is 1. The van der Waals surface area contributed by atoms with Gasteiger partial charge in [0.25, 0.3) is 5.91 Å². The van der Waals surface area contributed by atoms with E-state index in [1.807, 2.05) is 45.0 Å². The van der Waals surface area contributed by atoms with E-state index in [1.165, 1.54) is 0 Å². The molecule has 132 valence electrons. The average molecular weight is 347 g/mol. The molecule has 0 aliphatic carbocycles. The topological polar surface area (TPSA) is 73.2 Å². The predicted molar refractivity (Wildman–Crippen MR) is 101 cm³/mol. The normalized spacial score (nSPS) is 13.1. The van der Waals surface area contributed by atoms with Gasteiger partial charge in [0.1, 0.15) is 0 Å². The van der Waals surface area contributed by atoms with Gasteiger partial charge in [0.15, 0.2) is 0 Å². The Balaban J connectivity index is 1.84. The summed E-state index contributed by atoms with van der Waals surface area (Å²) >= 11 is 0. The fraction of sp³-hybridized carbons (Fsp3) is 0.286. The molecule has 5 heteroatoms. The second-order valence-electron chi connectivity index (χ2n) is 7.45. The Morgan fingerprint density at radius 1 is 1.15 bits per heavy atom. The van der Waals surface area contributed by atoms with Gasteiger partial charge in [-0.3, -0.25) is 9.59 Å². The maximum atomic E-state index is 12.7. The van der Waals surface area contributed by atoms with Crippen molar-refractivity contribution < 1.29 is 9.59 Å². The fourth-order valence-corrected chi connectivity index (χ4v) is 3.01. The molecule has 0 atom stereocenters. The van der Waals surface area contributed by atoms with Crippen LogP contribution in [-0.4, -0.2) is 18.4 Å². The van der Waals surface area contributed by atoms with Gasteiger partial charge in [0.2, 0.25) is 5.91 Å². The van der Waals surface area contributed by atoms with Crippen LogP contribution in [0.3, 0.4) is 0 Å². The average Bonchev–Trinajstić information content (AvgIpc) is 3.03. The van der Waals surface area contributed by atoms with Crippen LogP contribution in [0.2, 0.25) is 0 Å². The molecule has 5 nitrogen and oxygen atoms in total. The van der Waals surface area contributed by atoms with Crippen molar-refractivity contribution in [3.63, 3.8) is 0 Å². The first-order valence-corrected chi connectivity index (χ1v) is 8.56. The Labute approximate surface area is 153 Å². The standard InChI is InChI=1S/C21H21N3O2/c1-21(2,3)20(26)24-10-9-15-7-8-17(12-18(15)24)23-19(25)16-6-4-5-14(11-16)13-22/h4-8,11-12H,9-10H2,1-3H3,(H,23,25). The number of rotatable bonds is 2. The van der Waals surface area contributed by atoms with Crippen molar-refractivity contribution in [2.45, 2.75) is 27.2 Å². The van der Waals surface area contributed by atoms with Gasteiger partial charge in [-0.05, 0) is 42.3 Å². The molecular weight excluding hydrogens is 326 g/mol. The molecule has 0 radical (unpaired) electrons. The number of nitrogens with one attached hydrogen (secondary N) is 1. The largest absolute Gasteiger partial charge is 0.322 e. The molecule has 1 N–H and O–H groups in total. The maximum Gasteiger partial charge on any atom is 0.255 e. The zero-order valence-electron chi connectivity index (χ0n) is 15.2. The van der Waals surface area contributed by atoms with Crippen LogP contribution >= 0.6 is 0 Å². The summed E-state index contributed by atoms with van der Waals surface area (Å²) in [6.45, 7) is 6.37. The van der Waals surface area contributed by atoms with E-state index in [1.54, 1.807) is 29.2 Å². The van der Waals surface area contributed by atoms with Crippen molar-refractivity contribution >= 4 is 23.2 Å².